The average Bonchev–Trinajstić information content (AvgIpc) is 3.00. The van der Waals surface area contributed by atoms with Gasteiger partial charge in [0.1, 0.15) is 0 Å². The van der Waals surface area contributed by atoms with Gasteiger partial charge in [-0.3, -0.25) is 20.0 Å². The Morgan fingerprint density at radius 1 is 1.30 bits per heavy atom. The van der Waals surface area contributed by atoms with E-state index >= 15 is 0 Å². The van der Waals surface area contributed by atoms with Crippen molar-refractivity contribution in [2.75, 3.05) is 7.11 Å². The molecule has 0 saturated carbocycles. The van der Waals surface area contributed by atoms with Crippen LogP contribution in [0.25, 0.3) is 11.3 Å². The number of nitro benzene ring substituents is 1. The summed E-state index contributed by atoms with van der Waals surface area (Å²) in [5.41, 5.74) is 1.02. The number of aliphatic hydroxyl groups excluding tert-OH is 1. The molecule has 2 aromatic rings. The summed E-state index contributed by atoms with van der Waals surface area (Å²) in [4.78, 5) is 20.8. The first kappa shape index (κ1) is 17.5. The van der Waals surface area contributed by atoms with Gasteiger partial charge in [-0.25, -0.2) is 0 Å². The molecule has 0 aliphatic heterocycles. The van der Waals surface area contributed by atoms with Crippen molar-refractivity contribution in [1.29, 1.82) is 0 Å². The molecule has 0 aliphatic rings. The number of nitrogens with zero attached hydrogens (tertiary/aromatic N) is 2. The maximum atomic E-state index is 10.8. The molecule has 0 atom stereocenters. The highest BCUT2D eigenvalue weighted by molar-refractivity contribution is 5.77. The summed E-state index contributed by atoms with van der Waals surface area (Å²) in [6.45, 7) is 4.00. The minimum absolute atomic E-state index is 0.0357. The summed E-state index contributed by atoms with van der Waals surface area (Å²) in [5.74, 6) is 0. The van der Waals surface area contributed by atoms with E-state index < -0.39 is 4.92 Å². The van der Waals surface area contributed by atoms with Gasteiger partial charge in [-0.05, 0) is 12.1 Å². The van der Waals surface area contributed by atoms with E-state index in [0.29, 0.717) is 17.5 Å². The van der Waals surface area contributed by atoms with Crippen LogP contribution in [0.3, 0.4) is 0 Å². The minimum atomic E-state index is -0.482. The summed E-state index contributed by atoms with van der Waals surface area (Å²) >= 11 is 0. The molecule has 0 fully saturated rings. The fourth-order valence-corrected chi connectivity index (χ4v) is 1.38. The maximum Gasteiger partial charge on any atom is 0.278 e. The molecule has 0 amide bonds. The zero-order chi connectivity index (χ0) is 15.5. The van der Waals surface area contributed by atoms with Crippen LogP contribution in [0.5, 0.6) is 0 Å². The Balaban J connectivity index is 0.000000829. The molecule has 0 saturated heterocycles. The lowest BCUT2D eigenvalue weighted by Gasteiger charge is -1.97. The van der Waals surface area contributed by atoms with E-state index in [1.165, 1.54) is 12.1 Å². The van der Waals surface area contributed by atoms with Gasteiger partial charge in [-0.15, -0.1) is 0 Å². The highest BCUT2D eigenvalue weighted by Crippen LogP contribution is 2.27. The molecule has 2 N–H and O–H groups in total. The third-order valence-electron chi connectivity index (χ3n) is 2.10. The minimum Gasteiger partial charge on any atom is -0.400 e. The maximum absolute atomic E-state index is 10.8. The number of aromatic nitrogens is 2. The van der Waals surface area contributed by atoms with Gasteiger partial charge in [0.15, 0.2) is 6.29 Å². The average molecular weight is 279 g/mol. The van der Waals surface area contributed by atoms with E-state index in [0.717, 1.165) is 7.11 Å². The topological polar surface area (TPSA) is 109 Å². The zero-order valence-electron chi connectivity index (χ0n) is 11.5. The highest BCUT2D eigenvalue weighted by Gasteiger charge is 2.16. The van der Waals surface area contributed by atoms with Crippen molar-refractivity contribution >= 4 is 12.0 Å². The number of rotatable bonds is 3. The second kappa shape index (κ2) is 9.40. The zero-order valence-corrected chi connectivity index (χ0v) is 11.5. The van der Waals surface area contributed by atoms with E-state index in [4.69, 9.17) is 5.11 Å². The van der Waals surface area contributed by atoms with E-state index in [-0.39, 0.29) is 11.4 Å². The molecule has 0 radical (unpaired) electrons. The number of H-pyrrole nitrogens is 1. The van der Waals surface area contributed by atoms with Crippen molar-refractivity contribution in [1.82, 2.24) is 10.2 Å². The number of nitro groups is 1. The number of aliphatic hydroxyl groups is 1. The van der Waals surface area contributed by atoms with Gasteiger partial charge in [0.05, 0.1) is 21.9 Å². The molecular weight excluding hydrogens is 262 g/mol. The Bertz CT molecular complexity index is 552. The molecule has 0 spiro atoms. The van der Waals surface area contributed by atoms with Crippen LogP contribution in [0.1, 0.15) is 24.3 Å². The van der Waals surface area contributed by atoms with Gasteiger partial charge in [0.25, 0.3) is 5.69 Å². The van der Waals surface area contributed by atoms with Crippen LogP contribution >= 0.6 is 0 Å². The normalized spacial score (nSPS) is 8.60. The van der Waals surface area contributed by atoms with Gasteiger partial charge in [0, 0.05) is 13.2 Å². The number of hydrogen-bond acceptors (Lipinski definition) is 5. The van der Waals surface area contributed by atoms with E-state index in [1.807, 2.05) is 13.8 Å². The SMILES string of the molecule is CC.CO.O=Cc1cc(-c2ccccc2[N+](=O)[O-])n[nH]1. The predicted octanol–water partition coefficient (Wildman–Crippen LogP) is 2.43. The Kier molecular flexibility index (Phi) is 8.20. The molecule has 2 rings (SSSR count). The van der Waals surface area contributed by atoms with Crippen molar-refractivity contribution in [3.8, 4) is 11.3 Å². The first-order valence-electron chi connectivity index (χ1n) is 5.91. The Labute approximate surface area is 116 Å². The van der Waals surface area contributed by atoms with Crippen molar-refractivity contribution < 1.29 is 14.8 Å². The van der Waals surface area contributed by atoms with Crippen LogP contribution in [0.4, 0.5) is 5.69 Å². The molecule has 7 nitrogen and oxygen atoms in total. The molecule has 7 heteroatoms. The quantitative estimate of drug-likeness (QED) is 0.509. The monoisotopic (exact) mass is 279 g/mol. The van der Waals surface area contributed by atoms with E-state index in [2.05, 4.69) is 10.2 Å². The molecule has 0 unspecified atom stereocenters. The fraction of sp³-hybridized carbons (Fsp3) is 0.231. The number of benzene rings is 1. The Hall–Kier alpha value is -2.54. The molecular formula is C13H17N3O4. The summed E-state index contributed by atoms with van der Waals surface area (Å²) in [6, 6.07) is 7.70. The number of hydrogen-bond donors (Lipinski definition) is 2. The van der Waals surface area contributed by atoms with Gasteiger partial charge in [-0.1, -0.05) is 26.0 Å². The standard InChI is InChI=1S/C10H7N3O3.C2H6.CH4O/c14-6-7-5-9(12-11-7)8-3-1-2-4-10(8)13(15)16;2*1-2/h1-6H,(H,11,12);1-2H3;2H,1H3. The largest absolute Gasteiger partial charge is 0.400 e. The summed E-state index contributed by atoms with van der Waals surface area (Å²) in [7, 11) is 1.00. The van der Waals surface area contributed by atoms with E-state index in [1.54, 1.807) is 18.2 Å². The van der Waals surface area contributed by atoms with Gasteiger partial charge in [-0.2, -0.15) is 5.10 Å². The van der Waals surface area contributed by atoms with Gasteiger partial charge in [0.2, 0.25) is 0 Å². The summed E-state index contributed by atoms with van der Waals surface area (Å²) in [5, 5.41) is 24.1. The van der Waals surface area contributed by atoms with Crippen LogP contribution in [-0.2, 0) is 0 Å². The van der Waals surface area contributed by atoms with Crippen LogP contribution in [0.15, 0.2) is 30.3 Å². The molecule has 108 valence electrons. The lowest BCUT2D eigenvalue weighted by molar-refractivity contribution is -0.384. The van der Waals surface area contributed by atoms with Crippen molar-refractivity contribution in [2.24, 2.45) is 0 Å². The van der Waals surface area contributed by atoms with Crippen LogP contribution in [-0.4, -0.2) is 33.6 Å². The van der Waals surface area contributed by atoms with E-state index in [9.17, 15) is 14.9 Å². The summed E-state index contributed by atoms with van der Waals surface area (Å²) in [6.07, 6.45) is 0.602. The predicted molar refractivity (Wildman–Crippen MR) is 75.6 cm³/mol. The van der Waals surface area contributed by atoms with Gasteiger partial charge < -0.3 is 5.11 Å². The van der Waals surface area contributed by atoms with Crippen molar-refractivity contribution in [3.05, 3.63) is 46.1 Å². The second-order valence-corrected chi connectivity index (χ2v) is 3.10. The third kappa shape index (κ3) is 4.29. The summed E-state index contributed by atoms with van der Waals surface area (Å²) < 4.78 is 0. The number of carbonyl (C=O) groups excluding carboxylic acids is 1. The molecule has 0 bridgehead atoms. The van der Waals surface area contributed by atoms with Crippen molar-refractivity contribution in [3.63, 3.8) is 0 Å². The molecule has 1 aromatic heterocycles. The Morgan fingerprint density at radius 2 is 1.90 bits per heavy atom. The number of para-hydroxylation sites is 1. The van der Waals surface area contributed by atoms with Gasteiger partial charge >= 0.3 is 0 Å². The number of nitrogens with one attached hydrogen (secondary N) is 1. The lowest BCUT2D eigenvalue weighted by Crippen LogP contribution is -1.91. The smallest absolute Gasteiger partial charge is 0.278 e. The number of carbonyl (C=O) groups is 1. The molecule has 20 heavy (non-hydrogen) atoms. The molecule has 1 aromatic carbocycles. The molecule has 1 heterocycles. The molecule has 0 aliphatic carbocycles. The lowest BCUT2D eigenvalue weighted by atomic mass is 10.1. The van der Waals surface area contributed by atoms with Crippen LogP contribution in [0, 0.1) is 10.1 Å². The fourth-order valence-electron chi connectivity index (χ4n) is 1.38. The van der Waals surface area contributed by atoms with Crippen molar-refractivity contribution in [2.45, 2.75) is 13.8 Å². The third-order valence-corrected chi connectivity index (χ3v) is 2.10. The second-order valence-electron chi connectivity index (χ2n) is 3.10. The van der Waals surface area contributed by atoms with Crippen LogP contribution in [0.2, 0.25) is 0 Å². The Morgan fingerprint density at radius 3 is 2.40 bits per heavy atom. The number of aldehydes is 1. The highest BCUT2D eigenvalue weighted by atomic mass is 16.6. The van der Waals surface area contributed by atoms with Crippen LogP contribution < -0.4 is 0 Å². The number of aromatic amines is 1. The first-order chi connectivity index (χ1) is 9.72. The first-order valence-corrected chi connectivity index (χ1v) is 5.91.